The van der Waals surface area contributed by atoms with E-state index in [0.717, 1.165) is 14.8 Å². The SMILES string of the molecule is Cc1cnc(C(C)(C)NC(=O)CSc2ccccc2)s1. The zero-order valence-corrected chi connectivity index (χ0v) is 13.5. The molecule has 2 aromatic rings. The summed E-state index contributed by atoms with van der Waals surface area (Å²) in [5.74, 6) is 0.439. The van der Waals surface area contributed by atoms with Crippen LogP contribution in [0.25, 0.3) is 0 Å². The molecule has 0 spiro atoms. The van der Waals surface area contributed by atoms with Gasteiger partial charge in [0.1, 0.15) is 5.01 Å². The first-order valence-corrected chi connectivity index (χ1v) is 8.19. The molecule has 1 heterocycles. The minimum absolute atomic E-state index is 0.0247. The van der Waals surface area contributed by atoms with Crippen molar-refractivity contribution in [2.24, 2.45) is 0 Å². The Labute approximate surface area is 127 Å². The number of aryl methyl sites for hydroxylation is 1. The van der Waals surface area contributed by atoms with Gasteiger partial charge in [0, 0.05) is 16.0 Å². The van der Waals surface area contributed by atoms with Crippen LogP contribution in [0, 0.1) is 6.92 Å². The molecule has 0 saturated heterocycles. The Morgan fingerprint density at radius 1 is 1.35 bits per heavy atom. The molecule has 1 N–H and O–H groups in total. The highest BCUT2D eigenvalue weighted by Crippen LogP contribution is 2.25. The summed E-state index contributed by atoms with van der Waals surface area (Å²) < 4.78 is 0. The number of rotatable bonds is 5. The first kappa shape index (κ1) is 15.1. The van der Waals surface area contributed by atoms with Gasteiger partial charge >= 0.3 is 0 Å². The molecule has 0 unspecified atom stereocenters. The average molecular weight is 306 g/mol. The Morgan fingerprint density at radius 3 is 2.65 bits per heavy atom. The zero-order valence-electron chi connectivity index (χ0n) is 11.8. The predicted octanol–water partition coefficient (Wildman–Crippen LogP) is 3.60. The fourth-order valence-corrected chi connectivity index (χ4v) is 3.29. The Hall–Kier alpha value is -1.33. The van der Waals surface area contributed by atoms with Crippen LogP contribution in [-0.4, -0.2) is 16.6 Å². The molecule has 2 rings (SSSR count). The van der Waals surface area contributed by atoms with Gasteiger partial charge in [0.25, 0.3) is 0 Å². The van der Waals surface area contributed by atoms with Gasteiger partial charge in [-0.15, -0.1) is 23.1 Å². The van der Waals surface area contributed by atoms with Gasteiger partial charge in [0.2, 0.25) is 5.91 Å². The van der Waals surface area contributed by atoms with E-state index < -0.39 is 5.54 Å². The van der Waals surface area contributed by atoms with Gasteiger partial charge in [0.15, 0.2) is 0 Å². The van der Waals surface area contributed by atoms with E-state index in [9.17, 15) is 4.79 Å². The maximum Gasteiger partial charge on any atom is 0.231 e. The van der Waals surface area contributed by atoms with E-state index in [1.54, 1.807) is 23.1 Å². The van der Waals surface area contributed by atoms with E-state index in [2.05, 4.69) is 10.3 Å². The first-order chi connectivity index (χ1) is 9.47. The molecule has 0 fully saturated rings. The summed E-state index contributed by atoms with van der Waals surface area (Å²) in [4.78, 5) is 18.7. The molecule has 0 bridgehead atoms. The number of amides is 1. The number of hydrogen-bond donors (Lipinski definition) is 1. The number of nitrogens with one attached hydrogen (secondary N) is 1. The largest absolute Gasteiger partial charge is 0.344 e. The third-order valence-electron chi connectivity index (χ3n) is 2.72. The summed E-state index contributed by atoms with van der Waals surface area (Å²) in [6.07, 6.45) is 1.84. The van der Waals surface area contributed by atoms with Crippen LogP contribution in [-0.2, 0) is 10.3 Å². The molecule has 0 aliphatic carbocycles. The second-order valence-electron chi connectivity index (χ2n) is 5.05. The molecule has 1 aromatic carbocycles. The lowest BCUT2D eigenvalue weighted by Crippen LogP contribution is -2.41. The highest BCUT2D eigenvalue weighted by atomic mass is 32.2. The van der Waals surface area contributed by atoms with Crippen LogP contribution in [0.3, 0.4) is 0 Å². The third-order valence-corrected chi connectivity index (χ3v) is 4.97. The highest BCUT2D eigenvalue weighted by Gasteiger charge is 2.25. The molecule has 3 nitrogen and oxygen atoms in total. The Bertz CT molecular complexity index is 579. The quantitative estimate of drug-likeness (QED) is 0.858. The average Bonchev–Trinajstić information content (AvgIpc) is 2.85. The molecular formula is C15H18N2OS2. The Balaban J connectivity index is 1.91. The van der Waals surface area contributed by atoms with Crippen molar-refractivity contribution in [2.75, 3.05) is 5.75 Å². The predicted molar refractivity (Wildman–Crippen MR) is 85.2 cm³/mol. The maximum atomic E-state index is 12.1. The summed E-state index contributed by atoms with van der Waals surface area (Å²) in [6, 6.07) is 9.93. The van der Waals surface area contributed by atoms with E-state index in [0.29, 0.717) is 5.75 Å². The van der Waals surface area contributed by atoms with Crippen molar-refractivity contribution in [3.63, 3.8) is 0 Å². The molecule has 0 radical (unpaired) electrons. The minimum Gasteiger partial charge on any atom is -0.344 e. The highest BCUT2D eigenvalue weighted by molar-refractivity contribution is 8.00. The van der Waals surface area contributed by atoms with E-state index in [1.165, 1.54) is 0 Å². The third kappa shape index (κ3) is 4.08. The standard InChI is InChI=1S/C15H18N2OS2/c1-11-9-16-14(20-11)15(2,3)17-13(18)10-19-12-7-5-4-6-8-12/h4-9H,10H2,1-3H3,(H,17,18). The van der Waals surface area contributed by atoms with Gasteiger partial charge in [0.05, 0.1) is 11.3 Å². The fraction of sp³-hybridized carbons (Fsp3) is 0.333. The minimum atomic E-state index is -0.423. The van der Waals surface area contributed by atoms with Crippen LogP contribution >= 0.6 is 23.1 Å². The molecule has 106 valence electrons. The van der Waals surface area contributed by atoms with Crippen molar-refractivity contribution in [2.45, 2.75) is 31.2 Å². The van der Waals surface area contributed by atoms with Crippen molar-refractivity contribution in [1.29, 1.82) is 0 Å². The summed E-state index contributed by atoms with van der Waals surface area (Å²) in [6.45, 7) is 5.98. The second-order valence-corrected chi connectivity index (χ2v) is 7.33. The van der Waals surface area contributed by atoms with Crippen molar-refractivity contribution in [3.05, 3.63) is 46.4 Å². The molecule has 0 aliphatic rings. The molecule has 0 aliphatic heterocycles. The van der Waals surface area contributed by atoms with E-state index in [4.69, 9.17) is 0 Å². The second kappa shape index (κ2) is 6.41. The van der Waals surface area contributed by atoms with Crippen LogP contribution in [0.1, 0.15) is 23.7 Å². The topological polar surface area (TPSA) is 42.0 Å². The molecule has 20 heavy (non-hydrogen) atoms. The molecule has 0 atom stereocenters. The maximum absolute atomic E-state index is 12.1. The molecule has 0 saturated carbocycles. The monoisotopic (exact) mass is 306 g/mol. The molecule has 1 aromatic heterocycles. The Kier molecular flexibility index (Phi) is 4.83. The van der Waals surface area contributed by atoms with Gasteiger partial charge < -0.3 is 5.32 Å². The first-order valence-electron chi connectivity index (χ1n) is 6.39. The van der Waals surface area contributed by atoms with Crippen molar-refractivity contribution < 1.29 is 4.79 Å². The van der Waals surface area contributed by atoms with Crippen molar-refractivity contribution >= 4 is 29.0 Å². The van der Waals surface area contributed by atoms with Gasteiger partial charge in [-0.3, -0.25) is 4.79 Å². The van der Waals surface area contributed by atoms with Gasteiger partial charge in [-0.05, 0) is 32.9 Å². The smallest absolute Gasteiger partial charge is 0.231 e. The number of thiazole rings is 1. The van der Waals surface area contributed by atoms with E-state index in [-0.39, 0.29) is 5.91 Å². The summed E-state index contributed by atoms with van der Waals surface area (Å²) >= 11 is 3.16. The van der Waals surface area contributed by atoms with E-state index >= 15 is 0 Å². The summed E-state index contributed by atoms with van der Waals surface area (Å²) in [5.41, 5.74) is -0.423. The number of benzene rings is 1. The lowest BCUT2D eigenvalue weighted by atomic mass is 10.1. The lowest BCUT2D eigenvalue weighted by molar-refractivity contribution is -0.120. The molecular weight excluding hydrogens is 288 g/mol. The molecule has 5 heteroatoms. The number of aromatic nitrogens is 1. The lowest BCUT2D eigenvalue weighted by Gasteiger charge is -2.23. The van der Waals surface area contributed by atoms with Crippen molar-refractivity contribution in [3.8, 4) is 0 Å². The van der Waals surface area contributed by atoms with Crippen molar-refractivity contribution in [1.82, 2.24) is 10.3 Å². The van der Waals surface area contributed by atoms with Gasteiger partial charge in [-0.2, -0.15) is 0 Å². The van der Waals surface area contributed by atoms with Gasteiger partial charge in [-0.1, -0.05) is 18.2 Å². The molecule has 1 amide bonds. The normalized spacial score (nSPS) is 11.3. The number of nitrogens with zero attached hydrogens (tertiary/aromatic N) is 1. The number of carbonyl (C=O) groups is 1. The van der Waals surface area contributed by atoms with Crippen LogP contribution in [0.2, 0.25) is 0 Å². The van der Waals surface area contributed by atoms with Crippen LogP contribution in [0.5, 0.6) is 0 Å². The van der Waals surface area contributed by atoms with Crippen LogP contribution < -0.4 is 5.32 Å². The fourth-order valence-electron chi connectivity index (χ4n) is 1.75. The van der Waals surface area contributed by atoms with Crippen LogP contribution in [0.4, 0.5) is 0 Å². The number of thioether (sulfide) groups is 1. The van der Waals surface area contributed by atoms with Crippen LogP contribution in [0.15, 0.2) is 41.4 Å². The summed E-state index contributed by atoms with van der Waals surface area (Å²) in [7, 11) is 0. The Morgan fingerprint density at radius 2 is 2.05 bits per heavy atom. The number of hydrogen-bond acceptors (Lipinski definition) is 4. The number of carbonyl (C=O) groups excluding carboxylic acids is 1. The van der Waals surface area contributed by atoms with E-state index in [1.807, 2.05) is 57.3 Å². The summed E-state index contributed by atoms with van der Waals surface area (Å²) in [5, 5.41) is 3.98. The zero-order chi connectivity index (χ0) is 14.6. The van der Waals surface area contributed by atoms with Gasteiger partial charge in [-0.25, -0.2) is 4.98 Å².